The first-order chi connectivity index (χ1) is 18.1. The molecule has 4 rings (SSSR count). The fraction of sp³-hybridized carbons (Fsp3) is 0.500. The van der Waals surface area contributed by atoms with E-state index in [0.29, 0.717) is 17.9 Å². The zero-order chi connectivity index (χ0) is 27.4. The molecule has 1 fully saturated rings. The average Bonchev–Trinajstić information content (AvgIpc) is 2.88. The van der Waals surface area contributed by atoms with Crippen LogP contribution < -0.4 is 20.4 Å². The summed E-state index contributed by atoms with van der Waals surface area (Å²) in [6, 6.07) is 5.95. The van der Waals surface area contributed by atoms with Gasteiger partial charge in [0, 0.05) is 52.0 Å². The number of anilines is 3. The molecule has 1 aromatic carbocycles. The molecule has 38 heavy (non-hydrogen) atoms. The Bertz CT molecular complexity index is 1210. The number of rotatable bonds is 6. The Morgan fingerprint density at radius 2 is 1.95 bits per heavy atom. The number of pyridine rings is 1. The molecular formula is C26H31F4N7O. The quantitative estimate of drug-likeness (QED) is 0.551. The maximum atomic E-state index is 15.1. The minimum absolute atomic E-state index is 0.0624. The third-order valence-corrected chi connectivity index (χ3v) is 6.95. The Balaban J connectivity index is 1.61. The molecule has 204 valence electrons. The molecule has 2 aliphatic rings. The third kappa shape index (κ3) is 6.00. The van der Waals surface area contributed by atoms with Gasteiger partial charge < -0.3 is 25.3 Å². The van der Waals surface area contributed by atoms with Crippen molar-refractivity contribution in [3.63, 3.8) is 0 Å². The molecule has 12 heteroatoms. The van der Waals surface area contributed by atoms with E-state index in [1.807, 2.05) is 4.90 Å². The molecule has 0 radical (unpaired) electrons. The van der Waals surface area contributed by atoms with Crippen molar-refractivity contribution in [2.75, 3.05) is 68.0 Å². The fourth-order valence-corrected chi connectivity index (χ4v) is 5.02. The highest BCUT2D eigenvalue weighted by molar-refractivity contribution is 6.01. The van der Waals surface area contributed by atoms with Crippen molar-refractivity contribution in [1.29, 1.82) is 5.26 Å². The molecule has 2 aromatic rings. The number of hydrogen-bond acceptors (Lipinski definition) is 7. The lowest BCUT2D eigenvalue weighted by Gasteiger charge is -2.36. The van der Waals surface area contributed by atoms with Crippen molar-refractivity contribution in [2.24, 2.45) is 0 Å². The van der Waals surface area contributed by atoms with Gasteiger partial charge in [0.1, 0.15) is 29.3 Å². The van der Waals surface area contributed by atoms with E-state index in [1.165, 1.54) is 31.0 Å². The number of likely N-dealkylation sites (N-methyl/N-ethyl adjacent to an activating group) is 1. The van der Waals surface area contributed by atoms with Crippen molar-refractivity contribution < 1.29 is 22.4 Å². The van der Waals surface area contributed by atoms with Gasteiger partial charge in [-0.15, -0.1) is 0 Å². The lowest BCUT2D eigenvalue weighted by Crippen LogP contribution is -2.47. The number of para-hydroxylation sites is 1. The fourth-order valence-electron chi connectivity index (χ4n) is 5.02. The van der Waals surface area contributed by atoms with Gasteiger partial charge in [-0.3, -0.25) is 4.79 Å². The number of aromatic nitrogens is 1. The standard InChI is InChI=1S/C26H31F4N7O/c1-17-15-19(26(28,29)30)18(16-31)24(33-17)34-21-7-12-37(11-4-10-36-13-8-32-9-14-36)23-20(27)5-3-6-22(23)35(2)25(21)38/h3,5-6,15,21,32H,4,7-14H2,1-2H3,(H,33,34)/t21-/m0/s1. The van der Waals surface area contributed by atoms with Crippen LogP contribution in [0.5, 0.6) is 0 Å². The minimum atomic E-state index is -4.76. The molecule has 2 N–H and O–H groups in total. The molecular weight excluding hydrogens is 502 g/mol. The normalized spacial score (nSPS) is 19.0. The molecule has 0 aliphatic carbocycles. The number of carbonyl (C=O) groups excluding carboxylic acids is 1. The summed E-state index contributed by atoms with van der Waals surface area (Å²) in [7, 11) is 1.51. The molecule has 3 heterocycles. The highest BCUT2D eigenvalue weighted by Gasteiger charge is 2.37. The van der Waals surface area contributed by atoms with Gasteiger partial charge in [-0.1, -0.05) is 6.07 Å². The van der Waals surface area contributed by atoms with Crippen LogP contribution in [0.4, 0.5) is 34.8 Å². The lowest BCUT2D eigenvalue weighted by molar-refractivity contribution is -0.137. The Kier molecular flexibility index (Phi) is 8.38. The average molecular weight is 534 g/mol. The summed E-state index contributed by atoms with van der Waals surface area (Å²) in [6.45, 7) is 6.80. The summed E-state index contributed by atoms with van der Waals surface area (Å²) in [5, 5.41) is 15.7. The van der Waals surface area contributed by atoms with Crippen molar-refractivity contribution in [1.82, 2.24) is 15.2 Å². The number of fused-ring (bicyclic) bond motifs is 1. The number of nitrogens with one attached hydrogen (secondary N) is 2. The van der Waals surface area contributed by atoms with Gasteiger partial charge >= 0.3 is 6.18 Å². The number of nitriles is 1. The summed E-state index contributed by atoms with van der Waals surface area (Å²) in [6.07, 6.45) is -3.81. The van der Waals surface area contributed by atoms with E-state index >= 15 is 4.39 Å². The third-order valence-electron chi connectivity index (χ3n) is 6.95. The number of aryl methyl sites for hydroxylation is 1. The van der Waals surface area contributed by atoms with Crippen LogP contribution in [0.2, 0.25) is 0 Å². The SMILES string of the molecule is Cc1cc(C(F)(F)F)c(C#N)c(N[C@H]2CCN(CCCN3CCNCC3)c3c(F)cccc3N(C)C2=O)n1. The molecule has 1 aromatic heterocycles. The predicted octanol–water partition coefficient (Wildman–Crippen LogP) is 3.37. The highest BCUT2D eigenvalue weighted by Crippen LogP contribution is 2.37. The number of benzene rings is 1. The van der Waals surface area contributed by atoms with Crippen LogP contribution in [0.15, 0.2) is 24.3 Å². The molecule has 2 aliphatic heterocycles. The van der Waals surface area contributed by atoms with E-state index in [9.17, 15) is 23.2 Å². The Morgan fingerprint density at radius 3 is 2.63 bits per heavy atom. The first-order valence-corrected chi connectivity index (χ1v) is 12.6. The van der Waals surface area contributed by atoms with Crippen LogP contribution in [0.3, 0.4) is 0 Å². The number of nitrogens with zero attached hydrogens (tertiary/aromatic N) is 5. The Labute approximate surface area is 219 Å². The first-order valence-electron chi connectivity index (χ1n) is 12.6. The second-order valence-electron chi connectivity index (χ2n) is 9.57. The van der Waals surface area contributed by atoms with Crippen molar-refractivity contribution >= 4 is 23.1 Å². The highest BCUT2D eigenvalue weighted by atomic mass is 19.4. The first kappa shape index (κ1) is 27.6. The molecule has 0 bridgehead atoms. The van der Waals surface area contributed by atoms with Gasteiger partial charge in [0.15, 0.2) is 0 Å². The Hall–Kier alpha value is -3.43. The second-order valence-corrected chi connectivity index (χ2v) is 9.57. The number of alkyl halides is 3. The second kappa shape index (κ2) is 11.5. The van der Waals surface area contributed by atoms with Crippen LogP contribution in [-0.2, 0) is 11.0 Å². The number of halogens is 4. The van der Waals surface area contributed by atoms with Crippen LogP contribution in [0.1, 0.15) is 29.7 Å². The van der Waals surface area contributed by atoms with Gasteiger partial charge in [-0.25, -0.2) is 9.37 Å². The maximum absolute atomic E-state index is 15.1. The summed E-state index contributed by atoms with van der Waals surface area (Å²) >= 11 is 0. The van der Waals surface area contributed by atoms with Crippen molar-refractivity contribution in [3.05, 3.63) is 46.9 Å². The van der Waals surface area contributed by atoms with E-state index < -0.39 is 35.1 Å². The Morgan fingerprint density at radius 1 is 1.21 bits per heavy atom. The number of hydrogen-bond donors (Lipinski definition) is 2. The molecule has 1 atom stereocenters. The molecule has 1 saturated heterocycles. The molecule has 1 amide bonds. The lowest BCUT2D eigenvalue weighted by atomic mass is 10.0. The summed E-state index contributed by atoms with van der Waals surface area (Å²) < 4.78 is 55.9. The zero-order valence-electron chi connectivity index (χ0n) is 21.4. The van der Waals surface area contributed by atoms with Gasteiger partial charge in [-0.2, -0.15) is 18.4 Å². The van der Waals surface area contributed by atoms with Gasteiger partial charge in [0.05, 0.1) is 16.9 Å². The zero-order valence-corrected chi connectivity index (χ0v) is 21.4. The largest absolute Gasteiger partial charge is 0.417 e. The van der Waals surface area contributed by atoms with E-state index in [4.69, 9.17) is 0 Å². The van der Waals surface area contributed by atoms with Gasteiger partial charge in [-0.05, 0) is 44.5 Å². The van der Waals surface area contributed by atoms with Gasteiger partial charge in [0.2, 0.25) is 5.91 Å². The van der Waals surface area contributed by atoms with E-state index in [0.717, 1.165) is 45.2 Å². The topological polar surface area (TPSA) is 87.5 Å². The summed E-state index contributed by atoms with van der Waals surface area (Å²) in [5.41, 5.74) is -1.01. The smallest absolute Gasteiger partial charge is 0.367 e. The van der Waals surface area contributed by atoms with E-state index in [-0.39, 0.29) is 24.5 Å². The summed E-state index contributed by atoms with van der Waals surface area (Å²) in [4.78, 5) is 23.1. The molecule has 0 unspecified atom stereocenters. The molecule has 0 saturated carbocycles. The molecule has 8 nitrogen and oxygen atoms in total. The van der Waals surface area contributed by atoms with Crippen molar-refractivity contribution in [2.45, 2.75) is 32.0 Å². The molecule has 0 spiro atoms. The summed E-state index contributed by atoms with van der Waals surface area (Å²) in [5.74, 6) is -1.20. The predicted molar refractivity (Wildman–Crippen MR) is 137 cm³/mol. The number of carbonyl (C=O) groups is 1. The van der Waals surface area contributed by atoms with Crippen LogP contribution in [0, 0.1) is 24.1 Å². The minimum Gasteiger partial charge on any atom is -0.367 e. The van der Waals surface area contributed by atoms with E-state index in [2.05, 4.69) is 20.5 Å². The number of amides is 1. The maximum Gasteiger partial charge on any atom is 0.417 e. The monoisotopic (exact) mass is 533 g/mol. The van der Waals surface area contributed by atoms with Crippen LogP contribution in [0.25, 0.3) is 0 Å². The van der Waals surface area contributed by atoms with Crippen LogP contribution in [-0.4, -0.2) is 74.7 Å². The number of piperazine rings is 1. The van der Waals surface area contributed by atoms with Crippen LogP contribution >= 0.6 is 0 Å². The van der Waals surface area contributed by atoms with E-state index in [1.54, 1.807) is 12.1 Å². The van der Waals surface area contributed by atoms with Gasteiger partial charge in [0.25, 0.3) is 0 Å². The van der Waals surface area contributed by atoms with Crippen molar-refractivity contribution in [3.8, 4) is 6.07 Å².